The second-order valence-electron chi connectivity index (χ2n) is 7.98. The maximum Gasteiger partial charge on any atom is 0.245 e. The molecule has 0 radical (unpaired) electrons. The number of anilines is 1. The van der Waals surface area contributed by atoms with E-state index in [0.717, 1.165) is 19.8 Å². The van der Waals surface area contributed by atoms with E-state index in [1.807, 2.05) is 0 Å². The molecule has 3 heteroatoms. The van der Waals surface area contributed by atoms with E-state index in [-0.39, 0.29) is 0 Å². The average molecular weight is 366 g/mol. The second-order valence-corrected chi connectivity index (χ2v) is 7.98. The maximum atomic E-state index is 5.85. The molecule has 3 rings (SSSR count). The standard InChI is InChI=1S/C24H33N2O/c1-8-27-14-22-13-25(23-18(4)9-16(2)10-19(23)5)15-26(22)24-20(6)11-17(3)12-21(24)7/h9-12,15,22H,8,13-14H2,1-7H3/q+1. The van der Waals surface area contributed by atoms with Gasteiger partial charge in [-0.05, 0) is 70.7 Å². The van der Waals surface area contributed by atoms with Gasteiger partial charge in [0, 0.05) is 6.61 Å². The summed E-state index contributed by atoms with van der Waals surface area (Å²) >= 11 is 0. The van der Waals surface area contributed by atoms with Crippen LogP contribution in [0.2, 0.25) is 0 Å². The minimum atomic E-state index is 0.310. The van der Waals surface area contributed by atoms with E-state index in [9.17, 15) is 0 Å². The molecular formula is C24H33N2O+. The summed E-state index contributed by atoms with van der Waals surface area (Å²) in [5, 5.41) is 0. The molecule has 0 saturated heterocycles. The number of nitrogens with zero attached hydrogens (tertiary/aromatic N) is 2. The van der Waals surface area contributed by atoms with Gasteiger partial charge >= 0.3 is 0 Å². The lowest BCUT2D eigenvalue weighted by Crippen LogP contribution is -2.36. The molecule has 0 N–H and O–H groups in total. The molecule has 0 bridgehead atoms. The minimum absolute atomic E-state index is 0.310. The highest BCUT2D eigenvalue weighted by Crippen LogP contribution is 2.32. The van der Waals surface area contributed by atoms with Crippen LogP contribution in [0.1, 0.15) is 40.3 Å². The Balaban J connectivity index is 2.08. The molecule has 1 heterocycles. The second kappa shape index (κ2) is 7.85. The van der Waals surface area contributed by atoms with Gasteiger partial charge in [0.2, 0.25) is 6.34 Å². The highest BCUT2D eigenvalue weighted by molar-refractivity contribution is 5.83. The molecule has 0 saturated carbocycles. The van der Waals surface area contributed by atoms with Crippen molar-refractivity contribution in [1.29, 1.82) is 0 Å². The van der Waals surface area contributed by atoms with Crippen molar-refractivity contribution in [2.24, 2.45) is 0 Å². The number of hydrogen-bond acceptors (Lipinski definition) is 2. The molecule has 1 unspecified atom stereocenters. The molecule has 1 aliphatic heterocycles. The number of ether oxygens (including phenoxy) is 1. The highest BCUT2D eigenvalue weighted by atomic mass is 16.5. The summed E-state index contributed by atoms with van der Waals surface area (Å²) in [7, 11) is 0. The van der Waals surface area contributed by atoms with Gasteiger partial charge in [0.15, 0.2) is 6.04 Å². The smallest absolute Gasteiger partial charge is 0.245 e. The van der Waals surface area contributed by atoms with Crippen LogP contribution < -0.4 is 4.90 Å². The van der Waals surface area contributed by atoms with Crippen LogP contribution in [-0.4, -0.2) is 36.7 Å². The van der Waals surface area contributed by atoms with E-state index in [1.165, 1.54) is 44.8 Å². The molecule has 27 heavy (non-hydrogen) atoms. The summed E-state index contributed by atoms with van der Waals surface area (Å²) in [5.41, 5.74) is 10.6. The SMILES string of the molecule is CCOCC1C[N+](c2c(C)cc(C)cc2C)=CN1c1c(C)cc(C)cc1C. The summed E-state index contributed by atoms with van der Waals surface area (Å²) in [6.45, 7) is 17.7. The van der Waals surface area contributed by atoms with Gasteiger partial charge < -0.3 is 4.74 Å². The van der Waals surface area contributed by atoms with Crippen LogP contribution in [0.25, 0.3) is 0 Å². The van der Waals surface area contributed by atoms with Crippen molar-refractivity contribution in [3.63, 3.8) is 0 Å². The fourth-order valence-corrected chi connectivity index (χ4v) is 4.59. The van der Waals surface area contributed by atoms with Crippen molar-refractivity contribution in [2.75, 3.05) is 24.7 Å². The van der Waals surface area contributed by atoms with Crippen molar-refractivity contribution < 1.29 is 9.31 Å². The lowest BCUT2D eigenvalue weighted by atomic mass is 10.0. The van der Waals surface area contributed by atoms with Crippen LogP contribution in [-0.2, 0) is 4.74 Å². The van der Waals surface area contributed by atoms with Crippen LogP contribution in [0.4, 0.5) is 11.4 Å². The molecule has 0 spiro atoms. The Morgan fingerprint density at radius 2 is 1.41 bits per heavy atom. The van der Waals surface area contributed by atoms with E-state index in [4.69, 9.17) is 4.74 Å². The summed E-state index contributed by atoms with van der Waals surface area (Å²) in [5.74, 6) is 0. The minimum Gasteiger partial charge on any atom is -0.377 e. The summed E-state index contributed by atoms with van der Waals surface area (Å²) in [6, 6.07) is 9.42. The molecule has 0 aliphatic carbocycles. The molecule has 0 fully saturated rings. The molecule has 0 aromatic heterocycles. The van der Waals surface area contributed by atoms with E-state index >= 15 is 0 Å². The van der Waals surface area contributed by atoms with Crippen molar-refractivity contribution in [2.45, 2.75) is 54.5 Å². The molecule has 144 valence electrons. The van der Waals surface area contributed by atoms with E-state index in [2.05, 4.69) is 88.5 Å². The lowest BCUT2D eigenvalue weighted by molar-refractivity contribution is -0.430. The predicted octanol–water partition coefficient (Wildman–Crippen LogP) is 5.13. The number of rotatable bonds is 5. The van der Waals surface area contributed by atoms with Gasteiger partial charge in [-0.2, -0.15) is 0 Å². The predicted molar refractivity (Wildman–Crippen MR) is 115 cm³/mol. The van der Waals surface area contributed by atoms with Gasteiger partial charge in [-0.15, -0.1) is 0 Å². The van der Waals surface area contributed by atoms with E-state index in [1.54, 1.807) is 0 Å². The lowest BCUT2D eigenvalue weighted by Gasteiger charge is -2.20. The fraction of sp³-hybridized carbons (Fsp3) is 0.458. The zero-order chi connectivity index (χ0) is 19.7. The number of hydrogen-bond donors (Lipinski definition) is 0. The van der Waals surface area contributed by atoms with Crippen molar-refractivity contribution in [3.8, 4) is 0 Å². The molecule has 0 amide bonds. The van der Waals surface area contributed by atoms with Gasteiger partial charge in [0.25, 0.3) is 0 Å². The van der Waals surface area contributed by atoms with Gasteiger partial charge in [-0.25, -0.2) is 9.48 Å². The van der Waals surface area contributed by atoms with Crippen molar-refractivity contribution >= 4 is 17.7 Å². The molecule has 3 nitrogen and oxygen atoms in total. The Morgan fingerprint density at radius 3 is 1.93 bits per heavy atom. The topological polar surface area (TPSA) is 15.5 Å². The zero-order valence-corrected chi connectivity index (χ0v) is 17.9. The van der Waals surface area contributed by atoms with E-state index < -0.39 is 0 Å². The van der Waals surface area contributed by atoms with Gasteiger partial charge in [-0.1, -0.05) is 35.4 Å². The first kappa shape index (κ1) is 19.6. The Kier molecular flexibility index (Phi) is 5.71. The first-order valence-electron chi connectivity index (χ1n) is 9.95. The maximum absolute atomic E-state index is 5.85. The summed E-state index contributed by atoms with van der Waals surface area (Å²) in [4.78, 5) is 2.43. The molecule has 1 atom stereocenters. The van der Waals surface area contributed by atoms with Gasteiger partial charge in [0.1, 0.15) is 17.9 Å². The third-order valence-electron chi connectivity index (χ3n) is 5.40. The largest absolute Gasteiger partial charge is 0.377 e. The molecule has 2 aromatic carbocycles. The van der Waals surface area contributed by atoms with E-state index in [0.29, 0.717) is 6.04 Å². The van der Waals surface area contributed by atoms with Crippen LogP contribution in [0.5, 0.6) is 0 Å². The van der Waals surface area contributed by atoms with Crippen molar-refractivity contribution in [1.82, 2.24) is 0 Å². The quantitative estimate of drug-likeness (QED) is 0.682. The Morgan fingerprint density at radius 1 is 0.889 bits per heavy atom. The average Bonchev–Trinajstić information content (AvgIpc) is 2.94. The monoisotopic (exact) mass is 365 g/mol. The third-order valence-corrected chi connectivity index (χ3v) is 5.40. The summed E-state index contributed by atoms with van der Waals surface area (Å²) in [6.07, 6.45) is 2.29. The Bertz CT molecular complexity index is 836. The highest BCUT2D eigenvalue weighted by Gasteiger charge is 2.36. The summed E-state index contributed by atoms with van der Waals surface area (Å²) < 4.78 is 8.26. The number of aryl methyl sites for hydroxylation is 6. The number of benzene rings is 2. The zero-order valence-electron chi connectivity index (χ0n) is 17.9. The molecule has 2 aromatic rings. The van der Waals surface area contributed by atoms with Gasteiger partial charge in [0.05, 0.1) is 6.61 Å². The van der Waals surface area contributed by atoms with Gasteiger partial charge in [-0.3, -0.25) is 0 Å². The van der Waals surface area contributed by atoms with Crippen molar-refractivity contribution in [3.05, 3.63) is 57.6 Å². The molecular weight excluding hydrogens is 332 g/mol. The van der Waals surface area contributed by atoms with Crippen LogP contribution in [0.3, 0.4) is 0 Å². The fourth-order valence-electron chi connectivity index (χ4n) is 4.59. The van der Waals surface area contributed by atoms with Crippen LogP contribution in [0, 0.1) is 41.5 Å². The third kappa shape index (κ3) is 3.93. The van der Waals surface area contributed by atoms with Crippen LogP contribution in [0.15, 0.2) is 24.3 Å². The normalized spacial score (nSPS) is 16.8. The first-order chi connectivity index (χ1) is 12.8. The van der Waals surface area contributed by atoms with Crippen LogP contribution >= 0.6 is 0 Å². The first-order valence-corrected chi connectivity index (χ1v) is 9.95. The Labute approximate surface area is 164 Å². The molecule has 1 aliphatic rings. The Hall–Kier alpha value is -2.13.